The van der Waals surface area contributed by atoms with Crippen molar-refractivity contribution in [1.82, 2.24) is 9.36 Å². The molecule has 0 radical (unpaired) electrons. The van der Waals surface area contributed by atoms with Crippen LogP contribution in [0.5, 0.6) is 0 Å². The zero-order valence-corrected chi connectivity index (χ0v) is 8.91. The molecule has 2 heterocycles. The zero-order valence-electron chi connectivity index (χ0n) is 8.09. The maximum atomic E-state index is 5.80. The summed E-state index contributed by atoms with van der Waals surface area (Å²) in [5.41, 5.74) is 5.80. The number of rotatable bonds is 2. The molecule has 1 aromatic heterocycles. The summed E-state index contributed by atoms with van der Waals surface area (Å²) in [6.45, 7) is 4.37. The number of nitrogens with zero attached hydrogens (tertiary/aromatic N) is 3. The van der Waals surface area contributed by atoms with E-state index in [1.54, 1.807) is 6.33 Å². The SMILES string of the molecule is CC(N)C1CN(c2ncns2)CCO1. The van der Waals surface area contributed by atoms with E-state index in [2.05, 4.69) is 14.3 Å². The Balaban J connectivity index is 2.01. The average molecular weight is 214 g/mol. The van der Waals surface area contributed by atoms with E-state index in [1.165, 1.54) is 11.5 Å². The summed E-state index contributed by atoms with van der Waals surface area (Å²) in [7, 11) is 0. The highest BCUT2D eigenvalue weighted by Gasteiger charge is 2.24. The van der Waals surface area contributed by atoms with E-state index < -0.39 is 0 Å². The monoisotopic (exact) mass is 214 g/mol. The molecule has 2 N–H and O–H groups in total. The molecule has 14 heavy (non-hydrogen) atoms. The van der Waals surface area contributed by atoms with Crippen LogP contribution >= 0.6 is 11.5 Å². The molecular weight excluding hydrogens is 200 g/mol. The van der Waals surface area contributed by atoms with Gasteiger partial charge in [-0.05, 0) is 6.92 Å². The van der Waals surface area contributed by atoms with Crippen molar-refractivity contribution in [2.24, 2.45) is 5.73 Å². The Kier molecular flexibility index (Phi) is 2.95. The Bertz CT molecular complexity index is 277. The lowest BCUT2D eigenvalue weighted by Crippen LogP contribution is -2.49. The van der Waals surface area contributed by atoms with Crippen LogP contribution in [-0.2, 0) is 4.74 Å². The Labute approximate surface area is 87.0 Å². The first-order valence-corrected chi connectivity index (χ1v) is 5.43. The molecule has 0 spiro atoms. The molecule has 2 unspecified atom stereocenters. The van der Waals surface area contributed by atoms with Crippen molar-refractivity contribution in [2.45, 2.75) is 19.1 Å². The topological polar surface area (TPSA) is 64.3 Å². The first-order chi connectivity index (χ1) is 6.77. The molecule has 0 aliphatic carbocycles. The zero-order chi connectivity index (χ0) is 9.97. The number of ether oxygens (including phenoxy) is 1. The molecule has 1 aliphatic heterocycles. The third kappa shape index (κ3) is 2.02. The van der Waals surface area contributed by atoms with Gasteiger partial charge in [-0.2, -0.15) is 4.37 Å². The van der Waals surface area contributed by atoms with E-state index in [0.717, 1.165) is 18.2 Å². The van der Waals surface area contributed by atoms with Gasteiger partial charge in [0.05, 0.1) is 12.7 Å². The third-order valence-electron chi connectivity index (χ3n) is 2.30. The van der Waals surface area contributed by atoms with Crippen molar-refractivity contribution < 1.29 is 4.74 Å². The molecule has 1 fully saturated rings. The van der Waals surface area contributed by atoms with Crippen molar-refractivity contribution in [3.63, 3.8) is 0 Å². The van der Waals surface area contributed by atoms with Gasteiger partial charge in [-0.3, -0.25) is 0 Å². The maximum Gasteiger partial charge on any atom is 0.205 e. The minimum absolute atomic E-state index is 0.0609. The average Bonchev–Trinajstić information content (AvgIpc) is 2.71. The predicted octanol–water partition coefficient (Wildman–Crippen LogP) is 0.0905. The molecule has 2 atom stereocenters. The van der Waals surface area contributed by atoms with Crippen molar-refractivity contribution >= 4 is 16.7 Å². The number of morpholine rings is 1. The number of nitrogens with two attached hydrogens (primary N) is 1. The Morgan fingerprint density at radius 3 is 3.29 bits per heavy atom. The van der Waals surface area contributed by atoms with E-state index in [0.29, 0.717) is 6.61 Å². The van der Waals surface area contributed by atoms with E-state index in [-0.39, 0.29) is 12.1 Å². The molecular formula is C8H14N4OS. The second-order valence-electron chi connectivity index (χ2n) is 3.44. The minimum Gasteiger partial charge on any atom is -0.373 e. The summed E-state index contributed by atoms with van der Waals surface area (Å²) in [5.74, 6) is 0. The molecule has 0 amide bonds. The summed E-state index contributed by atoms with van der Waals surface area (Å²) in [5, 5.41) is 0.957. The smallest absolute Gasteiger partial charge is 0.205 e. The fraction of sp³-hybridized carbons (Fsp3) is 0.750. The highest BCUT2D eigenvalue weighted by molar-refractivity contribution is 7.09. The van der Waals surface area contributed by atoms with Crippen LogP contribution < -0.4 is 10.6 Å². The van der Waals surface area contributed by atoms with Gasteiger partial charge in [-0.25, -0.2) is 4.98 Å². The highest BCUT2D eigenvalue weighted by atomic mass is 32.1. The van der Waals surface area contributed by atoms with Crippen molar-refractivity contribution in [2.75, 3.05) is 24.6 Å². The van der Waals surface area contributed by atoms with Gasteiger partial charge in [0.2, 0.25) is 5.13 Å². The summed E-state index contributed by atoms with van der Waals surface area (Å²) in [6, 6.07) is 0.0609. The third-order valence-corrected chi connectivity index (χ3v) is 3.03. The fourth-order valence-corrected chi connectivity index (χ4v) is 2.04. The lowest BCUT2D eigenvalue weighted by molar-refractivity contribution is 0.0276. The van der Waals surface area contributed by atoms with Crippen LogP contribution in [0.25, 0.3) is 0 Å². The summed E-state index contributed by atoms with van der Waals surface area (Å²) in [6.07, 6.45) is 1.68. The van der Waals surface area contributed by atoms with Crippen molar-refractivity contribution in [3.05, 3.63) is 6.33 Å². The van der Waals surface area contributed by atoms with Gasteiger partial charge in [-0.15, -0.1) is 0 Å². The van der Waals surface area contributed by atoms with Gasteiger partial charge in [-0.1, -0.05) is 0 Å². The second-order valence-corrected chi connectivity index (χ2v) is 4.20. The van der Waals surface area contributed by atoms with Crippen LogP contribution in [0.1, 0.15) is 6.92 Å². The Morgan fingerprint density at radius 2 is 2.64 bits per heavy atom. The van der Waals surface area contributed by atoms with Gasteiger partial charge in [0.25, 0.3) is 0 Å². The van der Waals surface area contributed by atoms with E-state index in [1.807, 2.05) is 6.92 Å². The number of hydrogen-bond acceptors (Lipinski definition) is 6. The summed E-state index contributed by atoms with van der Waals surface area (Å²) >= 11 is 1.41. The van der Waals surface area contributed by atoms with E-state index in [4.69, 9.17) is 10.5 Å². The van der Waals surface area contributed by atoms with Gasteiger partial charge in [0.15, 0.2) is 0 Å². The lowest BCUT2D eigenvalue weighted by atomic mass is 10.1. The van der Waals surface area contributed by atoms with Gasteiger partial charge in [0.1, 0.15) is 6.33 Å². The van der Waals surface area contributed by atoms with Gasteiger partial charge >= 0.3 is 0 Å². The summed E-state index contributed by atoms with van der Waals surface area (Å²) in [4.78, 5) is 6.35. The second kappa shape index (κ2) is 4.20. The van der Waals surface area contributed by atoms with Crippen LogP contribution in [0.3, 0.4) is 0 Å². The molecule has 1 aliphatic rings. The lowest BCUT2D eigenvalue weighted by Gasteiger charge is -2.34. The molecule has 1 saturated heterocycles. The molecule has 0 saturated carbocycles. The standard InChI is InChI=1S/C8H14N4OS/c1-6(9)7-4-12(2-3-13-7)8-10-5-11-14-8/h5-7H,2-4,9H2,1H3. The first kappa shape index (κ1) is 9.82. The molecule has 5 nitrogen and oxygen atoms in total. The number of hydrogen-bond donors (Lipinski definition) is 1. The van der Waals surface area contributed by atoms with Gasteiger partial charge < -0.3 is 15.4 Å². The number of anilines is 1. The van der Waals surface area contributed by atoms with E-state index in [9.17, 15) is 0 Å². The van der Waals surface area contributed by atoms with Crippen molar-refractivity contribution in [1.29, 1.82) is 0 Å². The van der Waals surface area contributed by atoms with Crippen LogP contribution in [0.4, 0.5) is 5.13 Å². The van der Waals surface area contributed by atoms with Crippen LogP contribution in [0.2, 0.25) is 0 Å². The van der Waals surface area contributed by atoms with Gasteiger partial charge in [0, 0.05) is 30.7 Å². The van der Waals surface area contributed by atoms with Crippen LogP contribution in [0, 0.1) is 0 Å². The Hall–Kier alpha value is -0.720. The molecule has 1 aromatic rings. The molecule has 0 bridgehead atoms. The highest BCUT2D eigenvalue weighted by Crippen LogP contribution is 2.18. The molecule has 0 aromatic carbocycles. The fourth-order valence-electron chi connectivity index (χ4n) is 1.47. The Morgan fingerprint density at radius 1 is 1.79 bits per heavy atom. The molecule has 2 rings (SSSR count). The maximum absolute atomic E-state index is 5.80. The predicted molar refractivity (Wildman–Crippen MR) is 55.5 cm³/mol. The number of aromatic nitrogens is 2. The molecule has 78 valence electrons. The van der Waals surface area contributed by atoms with Crippen LogP contribution in [0.15, 0.2) is 6.33 Å². The quantitative estimate of drug-likeness (QED) is 0.756. The first-order valence-electron chi connectivity index (χ1n) is 4.66. The van der Waals surface area contributed by atoms with E-state index >= 15 is 0 Å². The van der Waals surface area contributed by atoms with Crippen molar-refractivity contribution in [3.8, 4) is 0 Å². The van der Waals surface area contributed by atoms with Crippen LogP contribution in [-0.4, -0.2) is 41.2 Å². The summed E-state index contributed by atoms with van der Waals surface area (Å²) < 4.78 is 9.54. The largest absolute Gasteiger partial charge is 0.373 e. The molecule has 6 heteroatoms. The minimum atomic E-state index is 0.0609. The normalized spacial score (nSPS) is 25.0.